The van der Waals surface area contributed by atoms with Gasteiger partial charge >= 0.3 is 0 Å². The van der Waals surface area contributed by atoms with Crippen molar-refractivity contribution in [3.63, 3.8) is 0 Å². The lowest BCUT2D eigenvalue weighted by atomic mass is 10.1. The van der Waals surface area contributed by atoms with E-state index in [2.05, 4.69) is 22.8 Å². The number of anilines is 1. The van der Waals surface area contributed by atoms with Gasteiger partial charge in [-0.05, 0) is 61.0 Å². The van der Waals surface area contributed by atoms with E-state index < -0.39 is 0 Å². The highest BCUT2D eigenvalue weighted by Gasteiger charge is 2.11. The van der Waals surface area contributed by atoms with E-state index in [1.807, 2.05) is 36.6 Å². The maximum absolute atomic E-state index is 12.4. The van der Waals surface area contributed by atoms with Gasteiger partial charge in [0.2, 0.25) is 0 Å². The van der Waals surface area contributed by atoms with Crippen molar-refractivity contribution in [3.8, 4) is 0 Å². The van der Waals surface area contributed by atoms with Crippen molar-refractivity contribution >= 4 is 28.8 Å². The van der Waals surface area contributed by atoms with Crippen molar-refractivity contribution in [2.75, 3.05) is 5.32 Å². The minimum Gasteiger partial charge on any atom is -0.350 e. The van der Waals surface area contributed by atoms with E-state index in [-0.39, 0.29) is 17.9 Å². The minimum atomic E-state index is -0.142. The Bertz CT molecular complexity index is 874. The molecule has 1 aromatic heterocycles. The second-order valence-electron chi connectivity index (χ2n) is 6.41. The Morgan fingerprint density at radius 3 is 2.33 bits per heavy atom. The second kappa shape index (κ2) is 9.14. The van der Waals surface area contributed by atoms with Crippen LogP contribution in [-0.2, 0) is 6.42 Å². The zero-order chi connectivity index (χ0) is 19.1. The van der Waals surface area contributed by atoms with Crippen LogP contribution >= 0.6 is 11.3 Å². The number of carbonyl (C=O) groups excluding carboxylic acids is 2. The molecular weight excluding hydrogens is 356 g/mol. The average molecular weight is 378 g/mol. The summed E-state index contributed by atoms with van der Waals surface area (Å²) in [6.45, 7) is 2.01. The molecule has 0 aliphatic heterocycles. The lowest BCUT2D eigenvalue weighted by Crippen LogP contribution is -2.32. The van der Waals surface area contributed by atoms with E-state index in [1.54, 1.807) is 30.3 Å². The van der Waals surface area contributed by atoms with E-state index >= 15 is 0 Å². The van der Waals surface area contributed by atoms with Crippen LogP contribution in [0.15, 0.2) is 72.1 Å². The number of benzene rings is 2. The lowest BCUT2D eigenvalue weighted by molar-refractivity contribution is 0.0938. The molecule has 0 fully saturated rings. The molecule has 0 spiro atoms. The van der Waals surface area contributed by atoms with E-state index in [4.69, 9.17) is 0 Å². The van der Waals surface area contributed by atoms with Crippen molar-refractivity contribution in [2.45, 2.75) is 25.8 Å². The molecule has 2 aromatic carbocycles. The summed E-state index contributed by atoms with van der Waals surface area (Å²) in [4.78, 5) is 25.1. The highest BCUT2D eigenvalue weighted by Crippen LogP contribution is 2.14. The van der Waals surface area contributed by atoms with E-state index in [9.17, 15) is 9.59 Å². The summed E-state index contributed by atoms with van der Waals surface area (Å²) in [6.07, 6.45) is 1.81. The lowest BCUT2D eigenvalue weighted by Gasteiger charge is -2.14. The van der Waals surface area contributed by atoms with Crippen LogP contribution in [-0.4, -0.2) is 17.9 Å². The summed E-state index contributed by atoms with van der Waals surface area (Å²) in [5, 5.41) is 7.72. The number of hydrogen-bond donors (Lipinski definition) is 2. The molecule has 0 aliphatic rings. The topological polar surface area (TPSA) is 58.2 Å². The van der Waals surface area contributed by atoms with Crippen LogP contribution < -0.4 is 10.6 Å². The molecule has 2 amide bonds. The van der Waals surface area contributed by atoms with Crippen molar-refractivity contribution in [1.82, 2.24) is 5.32 Å². The first-order chi connectivity index (χ1) is 13.1. The molecule has 0 saturated heterocycles. The molecule has 0 radical (unpaired) electrons. The van der Waals surface area contributed by atoms with Gasteiger partial charge in [-0.3, -0.25) is 9.59 Å². The van der Waals surface area contributed by atoms with Crippen LogP contribution in [0.4, 0.5) is 5.69 Å². The van der Waals surface area contributed by atoms with Gasteiger partial charge in [-0.15, -0.1) is 11.3 Å². The van der Waals surface area contributed by atoms with Crippen LogP contribution in [0.2, 0.25) is 0 Å². The maximum atomic E-state index is 12.4. The Hall–Kier alpha value is -2.92. The van der Waals surface area contributed by atoms with Crippen LogP contribution in [0.3, 0.4) is 0 Å². The molecule has 0 saturated carbocycles. The van der Waals surface area contributed by atoms with Gasteiger partial charge in [0.1, 0.15) is 0 Å². The van der Waals surface area contributed by atoms with E-state index in [0.29, 0.717) is 16.1 Å². The third-order valence-corrected chi connectivity index (χ3v) is 5.10. The fourth-order valence-corrected chi connectivity index (χ4v) is 3.33. The van der Waals surface area contributed by atoms with Gasteiger partial charge in [-0.25, -0.2) is 0 Å². The summed E-state index contributed by atoms with van der Waals surface area (Å²) in [5.74, 6) is -0.247. The molecule has 138 valence electrons. The standard InChI is InChI=1S/C22H22N2O2S/c1-16(9-10-17-6-3-2-4-7-17)23-21(25)18-11-13-19(14-12-18)24-22(26)20-8-5-15-27-20/h2-8,11-16H,9-10H2,1H3,(H,23,25)(H,24,26). The number of thiophene rings is 1. The molecule has 3 rings (SSSR count). The molecule has 0 bridgehead atoms. The average Bonchev–Trinajstić information content (AvgIpc) is 3.23. The molecule has 1 unspecified atom stereocenters. The predicted molar refractivity (Wildman–Crippen MR) is 110 cm³/mol. The van der Waals surface area contributed by atoms with Crippen LogP contribution in [0.1, 0.15) is 38.9 Å². The molecule has 2 N–H and O–H groups in total. The predicted octanol–water partition coefficient (Wildman–Crippen LogP) is 4.75. The maximum Gasteiger partial charge on any atom is 0.265 e. The van der Waals surface area contributed by atoms with Crippen molar-refractivity contribution in [1.29, 1.82) is 0 Å². The quantitative estimate of drug-likeness (QED) is 0.623. The van der Waals surface area contributed by atoms with E-state index in [1.165, 1.54) is 16.9 Å². The summed E-state index contributed by atoms with van der Waals surface area (Å²) in [5.41, 5.74) is 2.52. The fourth-order valence-electron chi connectivity index (χ4n) is 2.71. The van der Waals surface area contributed by atoms with Crippen LogP contribution in [0, 0.1) is 0 Å². The Morgan fingerprint density at radius 2 is 1.67 bits per heavy atom. The van der Waals surface area contributed by atoms with Crippen LogP contribution in [0.25, 0.3) is 0 Å². The van der Waals surface area contributed by atoms with Gasteiger partial charge in [0.25, 0.3) is 11.8 Å². The SMILES string of the molecule is CC(CCc1ccccc1)NC(=O)c1ccc(NC(=O)c2cccs2)cc1. The summed E-state index contributed by atoms with van der Waals surface area (Å²) in [7, 11) is 0. The highest BCUT2D eigenvalue weighted by atomic mass is 32.1. The third kappa shape index (κ3) is 5.53. The molecule has 0 aliphatic carbocycles. The first-order valence-corrected chi connectivity index (χ1v) is 9.79. The molecule has 27 heavy (non-hydrogen) atoms. The van der Waals surface area contributed by atoms with Gasteiger partial charge in [-0.1, -0.05) is 36.4 Å². The summed E-state index contributed by atoms with van der Waals surface area (Å²) in [6, 6.07) is 20.9. The highest BCUT2D eigenvalue weighted by molar-refractivity contribution is 7.12. The number of rotatable bonds is 7. The normalized spacial score (nSPS) is 11.6. The van der Waals surface area contributed by atoms with Crippen molar-refractivity contribution in [2.24, 2.45) is 0 Å². The summed E-state index contributed by atoms with van der Waals surface area (Å²) >= 11 is 1.39. The van der Waals surface area contributed by atoms with E-state index in [0.717, 1.165) is 12.8 Å². The van der Waals surface area contributed by atoms with Gasteiger partial charge in [0.15, 0.2) is 0 Å². The number of carbonyl (C=O) groups is 2. The summed E-state index contributed by atoms with van der Waals surface area (Å²) < 4.78 is 0. The van der Waals surface area contributed by atoms with Crippen molar-refractivity contribution in [3.05, 3.63) is 88.1 Å². The first kappa shape index (κ1) is 18.9. The van der Waals surface area contributed by atoms with Gasteiger partial charge in [-0.2, -0.15) is 0 Å². The Balaban J connectivity index is 1.50. The molecule has 3 aromatic rings. The molecule has 5 heteroatoms. The second-order valence-corrected chi connectivity index (χ2v) is 7.36. The Kier molecular flexibility index (Phi) is 6.39. The Morgan fingerprint density at radius 1 is 0.926 bits per heavy atom. The minimum absolute atomic E-state index is 0.0796. The third-order valence-electron chi connectivity index (χ3n) is 4.24. The van der Waals surface area contributed by atoms with Crippen molar-refractivity contribution < 1.29 is 9.59 Å². The van der Waals surface area contributed by atoms with Gasteiger partial charge in [0.05, 0.1) is 4.88 Å². The van der Waals surface area contributed by atoms with Crippen LogP contribution in [0.5, 0.6) is 0 Å². The van der Waals surface area contributed by atoms with Gasteiger partial charge in [0, 0.05) is 17.3 Å². The molecule has 4 nitrogen and oxygen atoms in total. The molecule has 1 heterocycles. The first-order valence-electron chi connectivity index (χ1n) is 8.91. The monoisotopic (exact) mass is 378 g/mol. The largest absolute Gasteiger partial charge is 0.350 e. The molecular formula is C22H22N2O2S. The Labute approximate surface area is 163 Å². The van der Waals surface area contributed by atoms with Gasteiger partial charge < -0.3 is 10.6 Å². The smallest absolute Gasteiger partial charge is 0.265 e. The number of aryl methyl sites for hydroxylation is 1. The number of amides is 2. The number of nitrogens with one attached hydrogen (secondary N) is 2. The zero-order valence-electron chi connectivity index (χ0n) is 15.1. The fraction of sp³-hybridized carbons (Fsp3) is 0.182. The zero-order valence-corrected chi connectivity index (χ0v) is 16.0. The number of hydrogen-bond acceptors (Lipinski definition) is 3. The molecule has 1 atom stereocenters.